The second-order valence-corrected chi connectivity index (χ2v) is 15.6. The van der Waals surface area contributed by atoms with Gasteiger partial charge in [-0.3, -0.25) is 18.8 Å². The van der Waals surface area contributed by atoms with Gasteiger partial charge in [-0.25, -0.2) is 16.8 Å². The highest BCUT2D eigenvalue weighted by molar-refractivity contribution is 7.92. The molecule has 0 aliphatic carbocycles. The first-order chi connectivity index (χ1) is 17.6. The van der Waals surface area contributed by atoms with Gasteiger partial charge in [0.1, 0.15) is 0 Å². The second kappa shape index (κ2) is 10.3. The van der Waals surface area contributed by atoms with Crippen LogP contribution in [0.5, 0.6) is 0 Å². The van der Waals surface area contributed by atoms with Gasteiger partial charge in [0.15, 0.2) is 11.6 Å². The normalized spacial score (nSPS) is 12.9. The lowest BCUT2D eigenvalue weighted by Gasteiger charge is -2.20. The maximum atomic E-state index is 11.4. The van der Waals surface area contributed by atoms with Crippen LogP contribution in [0.15, 0.2) is 30.3 Å². The number of rotatable bonds is 4. The van der Waals surface area contributed by atoms with Crippen molar-refractivity contribution in [2.75, 3.05) is 22.0 Å². The summed E-state index contributed by atoms with van der Waals surface area (Å²) in [5.74, 6) is 0.646. The Hall–Kier alpha value is -2.83. The first-order valence-electron chi connectivity index (χ1n) is 12.2. The molecule has 2 heterocycles. The average molecular weight is 597 g/mol. The maximum Gasteiger partial charge on any atom is 0.231 e. The Balaban J connectivity index is 0.000000216. The van der Waals surface area contributed by atoms with E-state index >= 15 is 0 Å². The number of fused-ring (bicyclic) bond motifs is 2. The molecule has 13 heteroatoms. The number of anilines is 2. The summed E-state index contributed by atoms with van der Waals surface area (Å²) in [5, 5.41) is 10.5. The molecule has 2 aromatic carbocycles. The van der Waals surface area contributed by atoms with E-state index in [-0.39, 0.29) is 16.6 Å². The molecule has 214 valence electrons. The third-order valence-electron chi connectivity index (χ3n) is 5.98. The Morgan fingerprint density at radius 3 is 1.69 bits per heavy atom. The number of hydrogen-bond donors (Lipinski definition) is 2. The molecule has 0 radical (unpaired) electrons. The Labute approximate surface area is 235 Å². The quantitative estimate of drug-likeness (QED) is 0.336. The minimum absolute atomic E-state index is 0.0321. The number of para-hydroxylation sites is 1. The fraction of sp³-hybridized carbons (Fsp3) is 0.462. The number of benzene rings is 2. The highest BCUT2D eigenvalue weighted by Gasteiger charge is 2.24. The van der Waals surface area contributed by atoms with Gasteiger partial charge in [0, 0.05) is 19.5 Å². The lowest BCUT2D eigenvalue weighted by molar-refractivity contribution is 0.590. The fourth-order valence-electron chi connectivity index (χ4n) is 4.42. The van der Waals surface area contributed by atoms with E-state index in [9.17, 15) is 16.8 Å². The molecular formula is C26H37ClN6O4S2. The molecule has 0 saturated carbocycles. The van der Waals surface area contributed by atoms with Gasteiger partial charge in [0.25, 0.3) is 0 Å². The van der Waals surface area contributed by atoms with Gasteiger partial charge in [0.05, 0.1) is 34.0 Å². The molecule has 4 aromatic rings. The van der Waals surface area contributed by atoms with Crippen molar-refractivity contribution in [2.45, 2.75) is 52.4 Å². The third kappa shape index (κ3) is 7.03. The van der Waals surface area contributed by atoms with Gasteiger partial charge in [-0.05, 0) is 34.1 Å². The molecule has 2 aromatic heterocycles. The summed E-state index contributed by atoms with van der Waals surface area (Å²) in [5.41, 5.74) is 3.88. The van der Waals surface area contributed by atoms with Gasteiger partial charge < -0.3 is 0 Å². The number of nitrogens with zero attached hydrogens (tertiary/aromatic N) is 4. The number of nitrogens with one attached hydrogen (secondary N) is 2. The molecular weight excluding hydrogens is 560 g/mol. The van der Waals surface area contributed by atoms with Crippen LogP contribution in [0.3, 0.4) is 0 Å². The first kappa shape index (κ1) is 30.7. The Bertz CT molecular complexity index is 1760. The van der Waals surface area contributed by atoms with Crippen molar-refractivity contribution in [3.8, 4) is 0 Å². The third-order valence-corrected chi connectivity index (χ3v) is 7.43. The lowest BCUT2D eigenvalue weighted by Crippen LogP contribution is -2.13. The average Bonchev–Trinajstić information content (AvgIpc) is 3.22. The van der Waals surface area contributed by atoms with E-state index in [0.717, 1.165) is 40.1 Å². The number of aromatic nitrogens is 4. The van der Waals surface area contributed by atoms with Crippen LogP contribution in [0.2, 0.25) is 5.02 Å². The lowest BCUT2D eigenvalue weighted by atomic mass is 9.85. The summed E-state index contributed by atoms with van der Waals surface area (Å²) in [6.07, 6.45) is 2.22. The summed E-state index contributed by atoms with van der Waals surface area (Å²) in [6.45, 7) is 12.6. The van der Waals surface area contributed by atoms with Crippen molar-refractivity contribution in [1.82, 2.24) is 19.6 Å². The number of hydrogen-bond acceptors (Lipinski definition) is 6. The van der Waals surface area contributed by atoms with Gasteiger partial charge in [0.2, 0.25) is 20.0 Å². The van der Waals surface area contributed by atoms with Crippen LogP contribution >= 0.6 is 11.6 Å². The molecule has 0 atom stereocenters. The molecule has 10 nitrogen and oxygen atoms in total. The number of halogens is 1. The molecule has 39 heavy (non-hydrogen) atoms. The minimum atomic E-state index is -3.40. The SMILES string of the molecule is Cn1nc(NS(C)(=O)=O)c2c(Cl)ccc(C(C)(C)C)c21.Cn1nc(NS(C)(=O)=O)c2cccc(C(C)(C)C)c21. The summed E-state index contributed by atoms with van der Waals surface area (Å²) >= 11 is 6.24. The zero-order chi connectivity index (χ0) is 29.7. The number of aryl methyl sites for hydroxylation is 2. The van der Waals surface area contributed by atoms with Crippen LogP contribution in [0.25, 0.3) is 21.8 Å². The van der Waals surface area contributed by atoms with Crippen molar-refractivity contribution in [3.05, 3.63) is 46.5 Å². The van der Waals surface area contributed by atoms with Crippen molar-refractivity contribution >= 4 is 65.1 Å². The molecule has 0 bridgehead atoms. The molecule has 2 N–H and O–H groups in total. The molecule has 0 aliphatic heterocycles. The standard InChI is InChI=1S/C13H18ClN3O2S.C13H19N3O2S/c1-13(2,3)8-6-7-9(14)10-11(8)17(4)15-12(10)16-20(5,18)19;1-13(2,3)10-8-6-7-9-11(10)16(4)14-12(9)15-19(5,17)18/h6-7H,1-5H3,(H,15,16);6-8H,1-5H3,(H,14,15). The Morgan fingerprint density at radius 1 is 0.718 bits per heavy atom. The van der Waals surface area contributed by atoms with Crippen molar-refractivity contribution in [2.24, 2.45) is 14.1 Å². The monoisotopic (exact) mass is 596 g/mol. The molecule has 0 aliphatic rings. The van der Waals surface area contributed by atoms with E-state index in [1.807, 2.05) is 31.3 Å². The van der Waals surface area contributed by atoms with Crippen LogP contribution in [0.1, 0.15) is 52.7 Å². The van der Waals surface area contributed by atoms with Gasteiger partial charge in [-0.2, -0.15) is 10.2 Å². The summed E-state index contributed by atoms with van der Waals surface area (Å²) in [7, 11) is -3.13. The summed E-state index contributed by atoms with van der Waals surface area (Å²) in [6, 6.07) is 9.59. The fourth-order valence-corrected chi connectivity index (χ4v) is 5.66. The van der Waals surface area contributed by atoms with Gasteiger partial charge in [-0.15, -0.1) is 0 Å². The number of sulfonamides is 2. The van der Waals surface area contributed by atoms with Crippen LogP contribution in [0.4, 0.5) is 11.6 Å². The van der Waals surface area contributed by atoms with E-state index in [4.69, 9.17) is 11.6 Å². The van der Waals surface area contributed by atoms with Crippen molar-refractivity contribution in [1.29, 1.82) is 0 Å². The van der Waals surface area contributed by atoms with E-state index in [1.54, 1.807) is 22.5 Å². The van der Waals surface area contributed by atoms with E-state index < -0.39 is 20.0 Å². The molecule has 0 saturated heterocycles. The second-order valence-electron chi connectivity index (χ2n) is 11.7. The minimum Gasteiger partial charge on any atom is -0.266 e. The summed E-state index contributed by atoms with van der Waals surface area (Å²) in [4.78, 5) is 0. The highest BCUT2D eigenvalue weighted by Crippen LogP contribution is 2.37. The van der Waals surface area contributed by atoms with Gasteiger partial charge in [-0.1, -0.05) is 71.3 Å². The van der Waals surface area contributed by atoms with E-state index in [1.165, 1.54) is 0 Å². The predicted molar refractivity (Wildman–Crippen MR) is 161 cm³/mol. The molecule has 0 unspecified atom stereocenters. The molecule has 0 fully saturated rings. The molecule has 0 amide bonds. The van der Waals surface area contributed by atoms with Crippen LogP contribution in [-0.2, 0) is 45.0 Å². The summed E-state index contributed by atoms with van der Waals surface area (Å²) < 4.78 is 53.9. The van der Waals surface area contributed by atoms with Crippen LogP contribution in [-0.4, -0.2) is 48.9 Å². The highest BCUT2D eigenvalue weighted by atomic mass is 35.5. The Morgan fingerprint density at radius 2 is 1.18 bits per heavy atom. The Kier molecular flexibility index (Phi) is 8.10. The van der Waals surface area contributed by atoms with E-state index in [2.05, 4.69) is 61.2 Å². The zero-order valence-corrected chi connectivity index (χ0v) is 26.4. The zero-order valence-electron chi connectivity index (χ0n) is 24.0. The van der Waals surface area contributed by atoms with Gasteiger partial charge >= 0.3 is 0 Å². The van der Waals surface area contributed by atoms with Crippen LogP contribution < -0.4 is 9.44 Å². The molecule has 0 spiro atoms. The largest absolute Gasteiger partial charge is 0.266 e. The van der Waals surface area contributed by atoms with E-state index in [0.29, 0.717) is 16.2 Å². The van der Waals surface area contributed by atoms with Crippen molar-refractivity contribution < 1.29 is 16.8 Å². The van der Waals surface area contributed by atoms with Crippen LogP contribution in [0, 0.1) is 0 Å². The first-order valence-corrected chi connectivity index (χ1v) is 16.3. The maximum absolute atomic E-state index is 11.4. The predicted octanol–water partition coefficient (Wildman–Crippen LogP) is 5.14. The topological polar surface area (TPSA) is 128 Å². The smallest absolute Gasteiger partial charge is 0.231 e. The molecule has 4 rings (SSSR count). The van der Waals surface area contributed by atoms with Crippen molar-refractivity contribution in [3.63, 3.8) is 0 Å².